The fourth-order valence-electron chi connectivity index (χ4n) is 2.86. The lowest BCUT2D eigenvalue weighted by Crippen LogP contribution is -2.28. The lowest BCUT2D eigenvalue weighted by Gasteiger charge is -2.12. The second-order valence-corrected chi connectivity index (χ2v) is 8.08. The van der Waals surface area contributed by atoms with E-state index in [9.17, 15) is 10.1 Å². The van der Waals surface area contributed by atoms with Gasteiger partial charge in [0.15, 0.2) is 5.17 Å². The number of amides is 1. The van der Waals surface area contributed by atoms with Gasteiger partial charge in [0.2, 0.25) is 0 Å². The summed E-state index contributed by atoms with van der Waals surface area (Å²) in [6.45, 7) is 5.36. The molecule has 0 radical (unpaired) electrons. The summed E-state index contributed by atoms with van der Waals surface area (Å²) >= 11 is 4.87. The Labute approximate surface area is 183 Å². The van der Waals surface area contributed by atoms with Crippen LogP contribution < -0.4 is 4.74 Å². The number of halogens is 1. The Balaban J connectivity index is 1.90. The summed E-state index contributed by atoms with van der Waals surface area (Å²) in [5.74, 6) is 0.594. The van der Waals surface area contributed by atoms with Crippen molar-refractivity contribution in [1.82, 2.24) is 4.90 Å². The average molecular weight is 470 g/mol. The van der Waals surface area contributed by atoms with Gasteiger partial charge in [0.25, 0.3) is 5.91 Å². The molecule has 0 aliphatic carbocycles. The summed E-state index contributed by atoms with van der Waals surface area (Å²) in [7, 11) is 0. The van der Waals surface area contributed by atoms with Gasteiger partial charge in [0.1, 0.15) is 12.4 Å². The molecule has 2 aromatic carbocycles. The number of hydrogen-bond donors (Lipinski definition) is 0. The molecule has 0 unspecified atom stereocenters. The van der Waals surface area contributed by atoms with E-state index < -0.39 is 0 Å². The summed E-state index contributed by atoms with van der Waals surface area (Å²) in [4.78, 5) is 19.5. The fourth-order valence-corrected chi connectivity index (χ4v) is 4.33. The number of hydrogen-bond acceptors (Lipinski definition) is 5. The van der Waals surface area contributed by atoms with Gasteiger partial charge in [-0.25, -0.2) is 0 Å². The van der Waals surface area contributed by atoms with Crippen LogP contribution in [0.2, 0.25) is 0 Å². The topological polar surface area (TPSA) is 65.7 Å². The number of amidine groups is 1. The minimum absolute atomic E-state index is 0.0505. The first kappa shape index (κ1) is 21.2. The number of carbonyl (C=O) groups excluding carboxylic acids is 1. The second-order valence-electron chi connectivity index (χ2n) is 6.16. The molecule has 148 valence electrons. The highest BCUT2D eigenvalue weighted by Gasteiger charge is 2.32. The molecule has 5 nitrogen and oxygen atoms in total. The summed E-state index contributed by atoms with van der Waals surface area (Å²) in [6, 6.07) is 15.2. The minimum Gasteiger partial charge on any atom is -0.488 e. The molecule has 0 aromatic heterocycles. The molecule has 7 heteroatoms. The molecule has 1 aliphatic rings. The van der Waals surface area contributed by atoms with Crippen molar-refractivity contribution in [2.75, 3.05) is 13.1 Å². The van der Waals surface area contributed by atoms with Gasteiger partial charge in [-0.2, -0.15) is 5.26 Å². The third kappa shape index (κ3) is 4.89. The summed E-state index contributed by atoms with van der Waals surface area (Å²) < 4.78 is 6.90. The number of thioether (sulfide) groups is 1. The summed E-state index contributed by atoms with van der Waals surface area (Å²) in [6.07, 6.45) is 1.84. The minimum atomic E-state index is -0.0505. The maximum absolute atomic E-state index is 12.8. The van der Waals surface area contributed by atoms with Crippen molar-refractivity contribution < 1.29 is 9.53 Å². The zero-order valence-corrected chi connectivity index (χ0v) is 18.6. The highest BCUT2D eigenvalue weighted by atomic mass is 79.9. The molecule has 29 heavy (non-hydrogen) atoms. The number of nitriles is 1. The average Bonchev–Trinajstić information content (AvgIpc) is 3.02. The molecule has 1 saturated heterocycles. The van der Waals surface area contributed by atoms with Gasteiger partial charge in [0, 0.05) is 28.7 Å². The maximum Gasteiger partial charge on any atom is 0.266 e. The first-order valence-electron chi connectivity index (χ1n) is 9.23. The van der Waals surface area contributed by atoms with Gasteiger partial charge in [-0.1, -0.05) is 34.1 Å². The quantitative estimate of drug-likeness (QED) is 0.544. The zero-order valence-electron chi connectivity index (χ0n) is 16.2. The van der Waals surface area contributed by atoms with Gasteiger partial charge < -0.3 is 4.74 Å². The van der Waals surface area contributed by atoms with E-state index in [1.54, 1.807) is 11.0 Å². The molecule has 0 spiro atoms. The van der Waals surface area contributed by atoms with Crippen LogP contribution in [0.25, 0.3) is 6.08 Å². The smallest absolute Gasteiger partial charge is 0.266 e. The molecule has 2 aromatic rings. The molecule has 1 fully saturated rings. The summed E-state index contributed by atoms with van der Waals surface area (Å²) in [5, 5.41) is 9.99. The highest BCUT2D eigenvalue weighted by Crippen LogP contribution is 2.35. The van der Waals surface area contributed by atoms with Gasteiger partial charge in [0.05, 0.1) is 16.5 Å². The van der Waals surface area contributed by atoms with Crippen LogP contribution in [0.4, 0.5) is 0 Å². The lowest BCUT2D eigenvalue weighted by atomic mass is 10.1. The van der Waals surface area contributed by atoms with Crippen molar-refractivity contribution in [3.63, 3.8) is 0 Å². The number of benzene rings is 2. The maximum atomic E-state index is 12.8. The molecule has 0 saturated carbocycles. The third-order valence-electron chi connectivity index (χ3n) is 4.28. The van der Waals surface area contributed by atoms with Crippen LogP contribution in [0.3, 0.4) is 0 Å². The van der Waals surface area contributed by atoms with E-state index in [1.807, 2.05) is 56.3 Å². The van der Waals surface area contributed by atoms with E-state index in [4.69, 9.17) is 4.74 Å². The van der Waals surface area contributed by atoms with Crippen LogP contribution >= 0.6 is 27.7 Å². The molecular formula is C22H20BrN3O2S. The zero-order chi connectivity index (χ0) is 20.8. The molecule has 1 aliphatic heterocycles. The second kappa shape index (κ2) is 9.77. The normalized spacial score (nSPS) is 16.5. The van der Waals surface area contributed by atoms with Crippen LogP contribution in [0.15, 0.2) is 56.8 Å². The number of carbonyl (C=O) groups is 1. The van der Waals surface area contributed by atoms with Gasteiger partial charge in [-0.15, -0.1) is 0 Å². The van der Waals surface area contributed by atoms with E-state index in [1.165, 1.54) is 11.8 Å². The Morgan fingerprint density at radius 2 is 2.07 bits per heavy atom. The van der Waals surface area contributed by atoms with E-state index in [2.05, 4.69) is 27.0 Å². The monoisotopic (exact) mass is 469 g/mol. The lowest BCUT2D eigenvalue weighted by molar-refractivity contribution is -0.122. The van der Waals surface area contributed by atoms with E-state index >= 15 is 0 Å². The summed E-state index contributed by atoms with van der Waals surface area (Å²) in [5.41, 5.74) is 2.20. The Hall–Kier alpha value is -2.56. The number of likely N-dealkylation sites (N-methyl/N-ethyl adjacent to an activating group) is 1. The standard InChI is InChI=1S/C22H20BrN3O2S/c1-3-25-22-26(4-2)21(27)20(29-22)12-17-11-18(23)9-10-19(17)28-14-16-8-6-5-7-15(16)13-24/h5-12H,3-4,14H2,1-2H3/b20-12+,25-22?. The van der Waals surface area contributed by atoms with Crippen molar-refractivity contribution in [2.45, 2.75) is 20.5 Å². The Bertz CT molecular complexity index is 1030. The van der Waals surface area contributed by atoms with Crippen LogP contribution in [-0.4, -0.2) is 29.1 Å². The number of ether oxygens (including phenoxy) is 1. The van der Waals surface area contributed by atoms with Crippen LogP contribution in [0.1, 0.15) is 30.5 Å². The molecular weight excluding hydrogens is 450 g/mol. The first-order chi connectivity index (χ1) is 14.1. The Morgan fingerprint density at radius 1 is 1.28 bits per heavy atom. The van der Waals surface area contributed by atoms with Crippen molar-refractivity contribution in [3.8, 4) is 11.8 Å². The van der Waals surface area contributed by atoms with E-state index in [-0.39, 0.29) is 12.5 Å². The number of aliphatic imine (C=N–C) groups is 1. The first-order valence-corrected chi connectivity index (χ1v) is 10.8. The van der Waals surface area contributed by atoms with Crippen LogP contribution in [0.5, 0.6) is 5.75 Å². The third-order valence-corrected chi connectivity index (χ3v) is 5.81. The van der Waals surface area contributed by atoms with Crippen LogP contribution in [-0.2, 0) is 11.4 Å². The van der Waals surface area contributed by atoms with Gasteiger partial charge in [-0.05, 0) is 56.0 Å². The van der Waals surface area contributed by atoms with Crippen molar-refractivity contribution in [1.29, 1.82) is 5.26 Å². The molecule has 0 bridgehead atoms. The highest BCUT2D eigenvalue weighted by molar-refractivity contribution is 9.10. The molecule has 0 N–H and O–H groups in total. The van der Waals surface area contributed by atoms with E-state index in [0.29, 0.717) is 29.3 Å². The largest absolute Gasteiger partial charge is 0.488 e. The fraction of sp³-hybridized carbons (Fsp3) is 0.227. The molecule has 0 atom stereocenters. The van der Waals surface area contributed by atoms with Crippen molar-refractivity contribution in [3.05, 3.63) is 68.5 Å². The molecule has 3 rings (SSSR count). The van der Waals surface area contributed by atoms with Crippen LogP contribution in [0, 0.1) is 11.3 Å². The predicted octanol–water partition coefficient (Wildman–Crippen LogP) is 5.21. The van der Waals surface area contributed by atoms with Gasteiger partial charge >= 0.3 is 0 Å². The van der Waals surface area contributed by atoms with Crippen molar-refractivity contribution >= 4 is 44.8 Å². The van der Waals surface area contributed by atoms with E-state index in [0.717, 1.165) is 20.8 Å². The Kier molecular flexibility index (Phi) is 7.13. The molecule has 1 heterocycles. The Morgan fingerprint density at radius 3 is 2.79 bits per heavy atom. The van der Waals surface area contributed by atoms with Crippen molar-refractivity contribution in [2.24, 2.45) is 4.99 Å². The predicted molar refractivity (Wildman–Crippen MR) is 121 cm³/mol. The number of nitrogens with zero attached hydrogens (tertiary/aromatic N) is 3. The SMILES string of the molecule is CCN=C1S/C(=C/c2cc(Br)ccc2OCc2ccccc2C#N)C(=O)N1CC. The molecule has 1 amide bonds. The number of rotatable bonds is 6. The van der Waals surface area contributed by atoms with Gasteiger partial charge in [-0.3, -0.25) is 14.7 Å².